The molecule has 1 amide bonds. The van der Waals surface area contributed by atoms with Gasteiger partial charge in [0.25, 0.3) is 5.91 Å². The Morgan fingerprint density at radius 2 is 1.62 bits per heavy atom. The molecule has 3 heterocycles. The van der Waals surface area contributed by atoms with Gasteiger partial charge in [-0.05, 0) is 61.4 Å². The Balaban J connectivity index is 1.29. The summed E-state index contributed by atoms with van der Waals surface area (Å²) in [6, 6.07) is 12.2. The molecule has 2 fully saturated rings. The maximum absolute atomic E-state index is 12.6. The standard InChI is InChI=1S/C23H29N7OS/c24-21-26-22(25)30(23(27-21)10-2-1-3-11-23)18-8-6-17(7-9-18)28-12-14-29(15-13-28)20(31)19-5-4-16-32-19/h4-9,16H,1-3,10-15H2,(H4,24,25,26,27). The van der Waals surface area contributed by atoms with Crippen molar-refractivity contribution >= 4 is 40.5 Å². The van der Waals surface area contributed by atoms with Crippen molar-refractivity contribution in [2.24, 2.45) is 21.5 Å². The Bertz CT molecular complexity index is 1020. The van der Waals surface area contributed by atoms with Crippen LogP contribution in [0.4, 0.5) is 11.4 Å². The van der Waals surface area contributed by atoms with Crippen LogP contribution in [-0.2, 0) is 0 Å². The highest BCUT2D eigenvalue weighted by atomic mass is 32.1. The highest BCUT2D eigenvalue weighted by molar-refractivity contribution is 7.12. The van der Waals surface area contributed by atoms with Crippen molar-refractivity contribution in [1.29, 1.82) is 0 Å². The predicted molar refractivity (Wildman–Crippen MR) is 130 cm³/mol. The second-order valence-corrected chi connectivity index (χ2v) is 9.54. The number of carbonyl (C=O) groups excluding carboxylic acids is 1. The van der Waals surface area contributed by atoms with E-state index in [1.807, 2.05) is 22.4 Å². The van der Waals surface area contributed by atoms with Crippen molar-refractivity contribution in [2.45, 2.75) is 37.8 Å². The summed E-state index contributed by atoms with van der Waals surface area (Å²) >= 11 is 1.50. The predicted octanol–water partition coefficient (Wildman–Crippen LogP) is 2.82. The molecule has 1 saturated carbocycles. The molecule has 1 spiro atoms. The molecule has 2 aromatic rings. The molecule has 32 heavy (non-hydrogen) atoms. The first kappa shape index (κ1) is 20.8. The van der Waals surface area contributed by atoms with Crippen LogP contribution in [-0.4, -0.2) is 54.6 Å². The maximum Gasteiger partial charge on any atom is 0.264 e. The van der Waals surface area contributed by atoms with Crippen LogP contribution < -0.4 is 21.3 Å². The zero-order valence-electron chi connectivity index (χ0n) is 18.1. The Morgan fingerprint density at radius 3 is 2.28 bits per heavy atom. The number of benzene rings is 1. The number of anilines is 2. The molecule has 1 aromatic heterocycles. The van der Waals surface area contributed by atoms with Gasteiger partial charge in [-0.15, -0.1) is 11.3 Å². The molecule has 5 rings (SSSR count). The largest absolute Gasteiger partial charge is 0.369 e. The smallest absolute Gasteiger partial charge is 0.264 e. The minimum absolute atomic E-state index is 0.132. The van der Waals surface area contributed by atoms with E-state index in [1.54, 1.807) is 0 Å². The number of carbonyl (C=O) groups is 1. The molecule has 0 bridgehead atoms. The number of hydrogen-bond donors (Lipinski definition) is 2. The fourth-order valence-corrected chi connectivity index (χ4v) is 5.72. The van der Waals surface area contributed by atoms with E-state index in [2.05, 4.69) is 39.1 Å². The number of nitrogens with two attached hydrogens (primary N) is 2. The highest BCUT2D eigenvalue weighted by Gasteiger charge is 2.42. The van der Waals surface area contributed by atoms with Crippen molar-refractivity contribution in [2.75, 3.05) is 36.0 Å². The lowest BCUT2D eigenvalue weighted by Crippen LogP contribution is -2.58. The summed E-state index contributed by atoms with van der Waals surface area (Å²) < 4.78 is 0. The van der Waals surface area contributed by atoms with Gasteiger partial charge < -0.3 is 21.3 Å². The van der Waals surface area contributed by atoms with Crippen molar-refractivity contribution in [1.82, 2.24) is 4.90 Å². The van der Waals surface area contributed by atoms with Gasteiger partial charge in [-0.2, -0.15) is 4.99 Å². The zero-order valence-corrected chi connectivity index (χ0v) is 18.9. The van der Waals surface area contributed by atoms with E-state index in [-0.39, 0.29) is 11.9 Å². The minimum atomic E-state index is -0.427. The lowest BCUT2D eigenvalue weighted by molar-refractivity contribution is 0.0751. The van der Waals surface area contributed by atoms with Crippen LogP contribution in [0.5, 0.6) is 0 Å². The lowest BCUT2D eigenvalue weighted by atomic mass is 9.87. The summed E-state index contributed by atoms with van der Waals surface area (Å²) in [5.74, 6) is 0.813. The van der Waals surface area contributed by atoms with Gasteiger partial charge in [0.15, 0.2) is 0 Å². The first-order valence-electron chi connectivity index (χ1n) is 11.2. The van der Waals surface area contributed by atoms with Crippen molar-refractivity contribution in [3.05, 3.63) is 46.7 Å². The van der Waals surface area contributed by atoms with Crippen LogP contribution in [0.1, 0.15) is 41.8 Å². The topological polar surface area (TPSA) is 104 Å². The van der Waals surface area contributed by atoms with Gasteiger partial charge in [0.05, 0.1) is 4.88 Å². The normalized spacial score (nSPS) is 20.8. The number of thiophene rings is 1. The van der Waals surface area contributed by atoms with Crippen molar-refractivity contribution in [3.8, 4) is 0 Å². The van der Waals surface area contributed by atoms with Crippen LogP contribution in [0.2, 0.25) is 0 Å². The van der Waals surface area contributed by atoms with Gasteiger partial charge in [0, 0.05) is 37.6 Å². The molecule has 1 saturated heterocycles. The van der Waals surface area contributed by atoms with Crippen molar-refractivity contribution in [3.63, 3.8) is 0 Å². The van der Waals surface area contributed by atoms with Gasteiger partial charge in [0.2, 0.25) is 11.9 Å². The average Bonchev–Trinajstić information content (AvgIpc) is 3.34. The van der Waals surface area contributed by atoms with Gasteiger partial charge in [0.1, 0.15) is 5.66 Å². The van der Waals surface area contributed by atoms with Crippen LogP contribution in [0, 0.1) is 0 Å². The summed E-state index contributed by atoms with van der Waals surface area (Å²) in [4.78, 5) is 28.7. The molecular weight excluding hydrogens is 422 g/mol. The zero-order chi connectivity index (χ0) is 22.1. The summed E-state index contributed by atoms with van der Waals surface area (Å²) in [5, 5.41) is 1.95. The van der Waals surface area contributed by atoms with E-state index in [1.165, 1.54) is 17.8 Å². The number of amides is 1. The van der Waals surface area contributed by atoms with Crippen molar-refractivity contribution < 1.29 is 4.79 Å². The van der Waals surface area contributed by atoms with E-state index < -0.39 is 5.66 Å². The average molecular weight is 452 g/mol. The SMILES string of the molecule is NC1=NC2(CCCCC2)N(c2ccc(N3CCN(C(=O)c4cccs4)CC3)cc2)C(N)=N1. The number of hydrogen-bond acceptors (Lipinski definition) is 8. The monoisotopic (exact) mass is 451 g/mol. The molecule has 1 aromatic carbocycles. The Hall–Kier alpha value is -3.07. The summed E-state index contributed by atoms with van der Waals surface area (Å²) in [7, 11) is 0. The van der Waals surface area contributed by atoms with E-state index >= 15 is 0 Å². The molecule has 2 aliphatic heterocycles. The number of nitrogens with zero attached hydrogens (tertiary/aromatic N) is 5. The summed E-state index contributed by atoms with van der Waals surface area (Å²) in [6.07, 6.45) is 5.26. The summed E-state index contributed by atoms with van der Waals surface area (Å²) in [5.41, 5.74) is 14.0. The third kappa shape index (κ3) is 3.81. The van der Waals surface area contributed by atoms with Crippen LogP contribution in [0.25, 0.3) is 0 Å². The Morgan fingerprint density at radius 1 is 0.938 bits per heavy atom. The second-order valence-electron chi connectivity index (χ2n) is 8.59. The van der Waals surface area contributed by atoms with Crippen LogP contribution >= 0.6 is 11.3 Å². The maximum atomic E-state index is 12.6. The van der Waals surface area contributed by atoms with E-state index in [0.29, 0.717) is 5.96 Å². The van der Waals surface area contributed by atoms with Gasteiger partial charge in [-0.3, -0.25) is 9.69 Å². The quantitative estimate of drug-likeness (QED) is 0.747. The molecule has 0 radical (unpaired) electrons. The lowest BCUT2D eigenvalue weighted by Gasteiger charge is -2.45. The van der Waals surface area contributed by atoms with Gasteiger partial charge in [-0.25, -0.2) is 4.99 Å². The number of guanidine groups is 2. The fourth-order valence-electron chi connectivity index (χ4n) is 5.03. The van der Waals surface area contributed by atoms with E-state index in [9.17, 15) is 4.79 Å². The van der Waals surface area contributed by atoms with Gasteiger partial charge in [-0.1, -0.05) is 12.5 Å². The number of rotatable bonds is 3. The van der Waals surface area contributed by atoms with E-state index in [0.717, 1.165) is 68.1 Å². The first-order chi connectivity index (χ1) is 15.6. The third-order valence-corrected chi connectivity index (χ3v) is 7.48. The summed E-state index contributed by atoms with van der Waals surface area (Å²) in [6.45, 7) is 3.08. The van der Waals surface area contributed by atoms with E-state index in [4.69, 9.17) is 16.5 Å². The highest BCUT2D eigenvalue weighted by Crippen LogP contribution is 2.39. The molecule has 0 atom stereocenters. The molecular formula is C23H29N7OS. The molecule has 4 N–H and O–H groups in total. The van der Waals surface area contributed by atoms with Gasteiger partial charge >= 0.3 is 0 Å². The fraction of sp³-hybridized carbons (Fsp3) is 0.435. The molecule has 0 unspecified atom stereocenters. The second kappa shape index (κ2) is 8.46. The molecule has 1 aliphatic carbocycles. The Kier molecular flexibility index (Phi) is 5.50. The number of piperazine rings is 1. The van der Waals surface area contributed by atoms with Crippen LogP contribution in [0.3, 0.4) is 0 Å². The van der Waals surface area contributed by atoms with Crippen LogP contribution in [0.15, 0.2) is 51.8 Å². The molecule has 8 nitrogen and oxygen atoms in total. The third-order valence-electron chi connectivity index (χ3n) is 6.62. The molecule has 168 valence electrons. The minimum Gasteiger partial charge on any atom is -0.369 e. The molecule has 3 aliphatic rings. The Labute approximate surface area is 192 Å². The first-order valence-corrected chi connectivity index (χ1v) is 12.1. The molecule has 9 heteroatoms. The number of aliphatic imine (C=N–C) groups is 2.